The maximum absolute atomic E-state index is 13.1. The van der Waals surface area contributed by atoms with Crippen molar-refractivity contribution in [2.45, 2.75) is 72.8 Å². The fourth-order valence-electron chi connectivity index (χ4n) is 2.87. The molecule has 2 aromatic rings. The molecule has 0 radical (unpaired) electrons. The fourth-order valence-corrected chi connectivity index (χ4v) is 5.16. The average molecular weight is 441 g/mol. The van der Waals surface area contributed by atoms with Crippen LogP contribution in [0.2, 0.25) is 18.1 Å². The number of carbonyl (C=O) groups excluding carboxylic acids is 1. The molecule has 0 spiro atoms. The zero-order valence-corrected chi connectivity index (χ0v) is 20.5. The number of aryl methyl sites for hydroxylation is 2. The zero-order chi connectivity index (χ0) is 22.1. The molecule has 0 saturated heterocycles. The molecule has 0 atom stereocenters. The Bertz CT molecular complexity index is 1030. The van der Waals surface area contributed by atoms with E-state index in [0.717, 1.165) is 11.3 Å². The minimum Gasteiger partial charge on any atom is -0.462 e. The first kappa shape index (κ1) is 23.6. The van der Waals surface area contributed by atoms with Gasteiger partial charge in [0, 0.05) is 6.54 Å². The van der Waals surface area contributed by atoms with Gasteiger partial charge in [-0.3, -0.25) is 13.9 Å². The van der Waals surface area contributed by atoms with E-state index in [-0.39, 0.29) is 29.4 Å². The van der Waals surface area contributed by atoms with Crippen molar-refractivity contribution in [3.63, 3.8) is 0 Å². The van der Waals surface area contributed by atoms with Crippen LogP contribution in [0.5, 0.6) is 0 Å². The van der Waals surface area contributed by atoms with Gasteiger partial charge in [-0.2, -0.15) is 0 Å². The lowest BCUT2D eigenvalue weighted by Crippen LogP contribution is -2.44. The van der Waals surface area contributed by atoms with E-state index in [1.165, 1.54) is 4.57 Å². The van der Waals surface area contributed by atoms with E-state index in [0.29, 0.717) is 33.8 Å². The second kappa shape index (κ2) is 8.57. The highest BCUT2D eigenvalue weighted by Crippen LogP contribution is 2.36. The Labute approximate surface area is 176 Å². The molecular weight excluding hydrogens is 408 g/mol. The third kappa shape index (κ3) is 4.41. The molecule has 0 aromatic carbocycles. The highest BCUT2D eigenvalue weighted by Gasteiger charge is 2.37. The molecule has 0 unspecified atom stereocenters. The molecule has 2 rings (SSSR count). The number of nitrogens with zero attached hydrogens (tertiary/aromatic N) is 2. The maximum atomic E-state index is 13.1. The third-order valence-electron chi connectivity index (χ3n) is 5.66. The summed E-state index contributed by atoms with van der Waals surface area (Å²) in [6.07, 6.45) is 0. The number of esters is 1. The van der Waals surface area contributed by atoms with E-state index in [1.54, 1.807) is 18.4 Å². The molecule has 0 amide bonds. The molecule has 2 heterocycles. The summed E-state index contributed by atoms with van der Waals surface area (Å²) in [5, 5.41) is 0.455. The second-order valence-corrected chi connectivity index (χ2v) is 14.4. The minimum atomic E-state index is -1.98. The SMILES string of the molecule is CCOC(=O)c1sc2c(c1C)c(=O)n(CCO[Si](C)(C)C(C)(C)C)c(=O)n2CC. The summed E-state index contributed by atoms with van der Waals surface area (Å²) in [4.78, 5) is 39.3. The van der Waals surface area contributed by atoms with Crippen molar-refractivity contribution < 1.29 is 14.0 Å². The monoisotopic (exact) mass is 440 g/mol. The van der Waals surface area contributed by atoms with E-state index >= 15 is 0 Å². The minimum absolute atomic E-state index is 0.0457. The highest BCUT2D eigenvalue weighted by molar-refractivity contribution is 7.20. The predicted octanol–water partition coefficient (Wildman–Crippen LogP) is 3.75. The Morgan fingerprint density at radius 2 is 1.76 bits per heavy atom. The average Bonchev–Trinajstić information content (AvgIpc) is 2.95. The lowest BCUT2D eigenvalue weighted by molar-refractivity contribution is 0.0531. The Kier molecular flexibility index (Phi) is 6.96. The van der Waals surface area contributed by atoms with Crippen LogP contribution in [0.25, 0.3) is 10.2 Å². The van der Waals surface area contributed by atoms with Gasteiger partial charge in [0.2, 0.25) is 0 Å². The van der Waals surface area contributed by atoms with Gasteiger partial charge in [-0.05, 0) is 44.5 Å². The van der Waals surface area contributed by atoms with E-state index in [9.17, 15) is 14.4 Å². The number of hydrogen-bond acceptors (Lipinski definition) is 6. The number of ether oxygens (including phenoxy) is 1. The van der Waals surface area contributed by atoms with Gasteiger partial charge in [-0.1, -0.05) is 20.8 Å². The first-order valence-corrected chi connectivity index (χ1v) is 13.7. The summed E-state index contributed by atoms with van der Waals surface area (Å²) >= 11 is 1.14. The van der Waals surface area contributed by atoms with Gasteiger partial charge in [-0.25, -0.2) is 9.59 Å². The Balaban J connectivity index is 2.52. The molecule has 0 aliphatic rings. The number of hydrogen-bond donors (Lipinski definition) is 0. The lowest BCUT2D eigenvalue weighted by atomic mass is 10.2. The van der Waals surface area contributed by atoms with Crippen LogP contribution in [-0.4, -0.2) is 36.6 Å². The number of thiophene rings is 1. The van der Waals surface area contributed by atoms with Crippen molar-refractivity contribution in [1.82, 2.24) is 9.13 Å². The van der Waals surface area contributed by atoms with Crippen molar-refractivity contribution >= 4 is 35.8 Å². The van der Waals surface area contributed by atoms with Gasteiger partial charge in [-0.15, -0.1) is 11.3 Å². The number of aromatic nitrogens is 2. The van der Waals surface area contributed by atoms with Crippen molar-refractivity contribution in [1.29, 1.82) is 0 Å². The van der Waals surface area contributed by atoms with Gasteiger partial charge in [0.1, 0.15) is 9.71 Å². The third-order valence-corrected chi connectivity index (χ3v) is 11.5. The summed E-state index contributed by atoms with van der Waals surface area (Å²) in [5.74, 6) is -0.464. The van der Waals surface area contributed by atoms with Crippen LogP contribution in [0.1, 0.15) is 49.9 Å². The van der Waals surface area contributed by atoms with Crippen LogP contribution < -0.4 is 11.2 Å². The second-order valence-electron chi connectivity index (χ2n) is 8.55. The van der Waals surface area contributed by atoms with E-state index in [1.807, 2.05) is 6.92 Å². The van der Waals surface area contributed by atoms with E-state index < -0.39 is 14.3 Å². The molecular formula is C20H32N2O5SSi. The van der Waals surface area contributed by atoms with Gasteiger partial charge in [0.05, 0.1) is 25.1 Å². The topological polar surface area (TPSA) is 79.5 Å². The summed E-state index contributed by atoms with van der Waals surface area (Å²) in [5.41, 5.74) is -0.187. The largest absolute Gasteiger partial charge is 0.462 e. The lowest BCUT2D eigenvalue weighted by Gasteiger charge is -2.36. The van der Waals surface area contributed by atoms with E-state index in [2.05, 4.69) is 33.9 Å². The van der Waals surface area contributed by atoms with Crippen LogP contribution in [0.3, 0.4) is 0 Å². The molecule has 0 fully saturated rings. The van der Waals surface area contributed by atoms with Crippen molar-refractivity contribution in [2.75, 3.05) is 13.2 Å². The number of fused-ring (bicyclic) bond motifs is 1. The fraction of sp³-hybridized carbons (Fsp3) is 0.650. The molecule has 162 valence electrons. The number of rotatable bonds is 7. The molecule has 0 aliphatic heterocycles. The zero-order valence-electron chi connectivity index (χ0n) is 18.7. The van der Waals surface area contributed by atoms with Crippen molar-refractivity contribution in [3.05, 3.63) is 31.3 Å². The van der Waals surface area contributed by atoms with Crippen molar-refractivity contribution in [3.8, 4) is 0 Å². The molecule has 0 saturated carbocycles. The molecule has 2 aromatic heterocycles. The van der Waals surface area contributed by atoms with Crippen molar-refractivity contribution in [2.24, 2.45) is 0 Å². The number of carbonyl (C=O) groups is 1. The standard InChI is InChI=1S/C20H32N2O5SSi/c1-9-21-17-14(13(3)15(28-17)18(24)26-10-2)16(23)22(19(21)25)11-12-27-29(7,8)20(4,5)6/h9-12H2,1-8H3. The van der Waals surface area contributed by atoms with Crippen LogP contribution >= 0.6 is 11.3 Å². The maximum Gasteiger partial charge on any atom is 0.348 e. The molecule has 0 aliphatic carbocycles. The predicted molar refractivity (Wildman–Crippen MR) is 120 cm³/mol. The Morgan fingerprint density at radius 1 is 1.14 bits per heavy atom. The summed E-state index contributed by atoms with van der Waals surface area (Å²) in [6.45, 7) is 17.2. The summed E-state index contributed by atoms with van der Waals surface area (Å²) < 4.78 is 14.0. The van der Waals surface area contributed by atoms with Gasteiger partial charge in [0.25, 0.3) is 5.56 Å². The first-order valence-electron chi connectivity index (χ1n) is 9.95. The molecule has 0 bridgehead atoms. The summed E-state index contributed by atoms with van der Waals surface area (Å²) in [7, 11) is -1.98. The van der Waals surface area contributed by atoms with Gasteiger partial charge < -0.3 is 9.16 Å². The van der Waals surface area contributed by atoms with Gasteiger partial charge in [0.15, 0.2) is 8.32 Å². The first-order chi connectivity index (χ1) is 13.4. The van der Waals surface area contributed by atoms with E-state index in [4.69, 9.17) is 9.16 Å². The van der Waals surface area contributed by atoms with Crippen LogP contribution in [0.4, 0.5) is 0 Å². The van der Waals surface area contributed by atoms with Crippen LogP contribution in [0.15, 0.2) is 9.59 Å². The highest BCUT2D eigenvalue weighted by atomic mass is 32.1. The van der Waals surface area contributed by atoms with Gasteiger partial charge >= 0.3 is 11.7 Å². The Hall–Kier alpha value is -1.71. The molecule has 9 heteroatoms. The normalized spacial score (nSPS) is 12.6. The quantitative estimate of drug-likeness (QED) is 0.484. The van der Waals surface area contributed by atoms with Crippen LogP contribution in [0, 0.1) is 6.92 Å². The Morgan fingerprint density at radius 3 is 2.28 bits per heavy atom. The molecule has 7 nitrogen and oxygen atoms in total. The molecule has 29 heavy (non-hydrogen) atoms. The molecule has 0 N–H and O–H groups in total. The smallest absolute Gasteiger partial charge is 0.348 e. The summed E-state index contributed by atoms with van der Waals surface area (Å²) in [6, 6.07) is 0. The van der Waals surface area contributed by atoms with Crippen LogP contribution in [-0.2, 0) is 22.3 Å².